The van der Waals surface area contributed by atoms with Crippen LogP contribution in [0.15, 0.2) is 52.0 Å². The van der Waals surface area contributed by atoms with Crippen molar-refractivity contribution in [1.82, 2.24) is 5.43 Å². The van der Waals surface area contributed by atoms with E-state index in [4.69, 9.17) is 15.7 Å². The van der Waals surface area contributed by atoms with Crippen molar-refractivity contribution in [2.24, 2.45) is 10.8 Å². The normalized spacial score (nSPS) is 10.3. The minimum atomic E-state index is 0.108. The number of hydrogen-bond acceptors (Lipinski definition) is 4. The highest BCUT2D eigenvalue weighted by molar-refractivity contribution is 9.10. The molecule has 0 aromatic heterocycles. The summed E-state index contributed by atoms with van der Waals surface area (Å²) < 4.78 is 6.55. The van der Waals surface area contributed by atoms with Gasteiger partial charge in [0.05, 0.1) is 22.3 Å². The molecule has 0 fully saturated rings. The lowest BCUT2D eigenvalue weighted by Crippen LogP contribution is -2.23. The molecule has 2 aromatic rings. The summed E-state index contributed by atoms with van der Waals surface area (Å²) in [5.41, 5.74) is 10.1. The van der Waals surface area contributed by atoms with Crippen LogP contribution in [-0.4, -0.2) is 11.3 Å². The molecule has 0 radical (unpaired) electrons. The Morgan fingerprint density at radius 1 is 1.39 bits per heavy atom. The third-order valence-electron chi connectivity index (χ3n) is 2.87. The summed E-state index contributed by atoms with van der Waals surface area (Å²) in [7, 11) is 0. The smallest absolute Gasteiger partial charge is 0.184 e. The second-order valence-corrected chi connectivity index (χ2v) is 5.78. The first-order chi connectivity index (χ1) is 11.1. The zero-order chi connectivity index (χ0) is 16.7. The molecule has 0 amide bonds. The van der Waals surface area contributed by atoms with Crippen LogP contribution in [0.5, 0.6) is 5.75 Å². The Labute approximate surface area is 147 Å². The maximum atomic E-state index is 9.07. The highest BCUT2D eigenvalue weighted by Gasteiger charge is 2.05. The third-order valence-corrected chi connectivity index (χ3v) is 3.58. The molecule has 23 heavy (non-hydrogen) atoms. The van der Waals surface area contributed by atoms with Gasteiger partial charge in [-0.25, -0.2) is 0 Å². The number of thiocarbonyl (C=S) groups is 1. The minimum absolute atomic E-state index is 0.108. The van der Waals surface area contributed by atoms with Crippen molar-refractivity contribution in [2.75, 3.05) is 0 Å². The molecule has 0 bridgehead atoms. The van der Waals surface area contributed by atoms with Gasteiger partial charge in [0, 0.05) is 5.56 Å². The summed E-state index contributed by atoms with van der Waals surface area (Å²) >= 11 is 8.11. The van der Waals surface area contributed by atoms with E-state index in [2.05, 4.69) is 44.7 Å². The van der Waals surface area contributed by atoms with E-state index in [0.717, 1.165) is 15.6 Å². The summed E-state index contributed by atoms with van der Waals surface area (Å²) in [5, 5.41) is 13.1. The maximum absolute atomic E-state index is 9.07. The molecule has 0 unspecified atom stereocenters. The molecule has 0 saturated carbocycles. The zero-order valence-electron chi connectivity index (χ0n) is 12.0. The number of hydrogen-bond donors (Lipinski definition) is 2. The number of halogens is 1. The fourth-order valence-electron chi connectivity index (χ4n) is 1.80. The van der Waals surface area contributed by atoms with Gasteiger partial charge in [-0.3, -0.25) is 5.43 Å². The molecule has 7 heteroatoms. The Balaban J connectivity index is 2.05. The van der Waals surface area contributed by atoms with E-state index < -0.39 is 0 Å². The summed E-state index contributed by atoms with van der Waals surface area (Å²) in [6, 6.07) is 15.0. The lowest BCUT2D eigenvalue weighted by atomic mass is 10.1. The molecule has 116 valence electrons. The van der Waals surface area contributed by atoms with Crippen molar-refractivity contribution >= 4 is 39.5 Å². The van der Waals surface area contributed by atoms with Gasteiger partial charge in [0.25, 0.3) is 0 Å². The van der Waals surface area contributed by atoms with Crippen LogP contribution in [0.3, 0.4) is 0 Å². The van der Waals surface area contributed by atoms with E-state index in [-0.39, 0.29) is 5.11 Å². The van der Waals surface area contributed by atoms with E-state index in [1.54, 1.807) is 12.3 Å². The summed E-state index contributed by atoms with van der Waals surface area (Å²) in [5.74, 6) is 0.678. The topological polar surface area (TPSA) is 83.4 Å². The van der Waals surface area contributed by atoms with Crippen molar-refractivity contribution < 1.29 is 4.74 Å². The van der Waals surface area contributed by atoms with Gasteiger partial charge in [-0.15, -0.1) is 0 Å². The molecule has 0 aliphatic carbocycles. The van der Waals surface area contributed by atoms with E-state index in [0.29, 0.717) is 17.9 Å². The standard InChI is InChI=1S/C16H13BrN4OS/c17-14-7-11(9-20-21-16(19)23)5-6-15(14)22-10-13-4-2-1-3-12(13)8-18/h1-7,9H,10H2,(H3,19,21,23)/b20-9+. The predicted molar refractivity (Wildman–Crippen MR) is 97.1 cm³/mol. The van der Waals surface area contributed by atoms with Crippen LogP contribution < -0.4 is 15.9 Å². The fraction of sp³-hybridized carbons (Fsp3) is 0.0625. The summed E-state index contributed by atoms with van der Waals surface area (Å²) in [6.07, 6.45) is 1.60. The Kier molecular flexibility index (Phi) is 6.09. The van der Waals surface area contributed by atoms with Gasteiger partial charge in [0.2, 0.25) is 0 Å². The SMILES string of the molecule is N#Cc1ccccc1COc1ccc(/C=N/NC(N)=S)cc1Br. The van der Waals surface area contributed by atoms with Crippen LogP contribution in [0.25, 0.3) is 0 Å². The first kappa shape index (κ1) is 16.9. The Morgan fingerprint density at radius 2 is 2.17 bits per heavy atom. The van der Waals surface area contributed by atoms with Crippen LogP contribution in [0, 0.1) is 11.3 Å². The van der Waals surface area contributed by atoms with Crippen LogP contribution in [-0.2, 0) is 6.61 Å². The molecule has 0 atom stereocenters. The first-order valence-corrected chi connectivity index (χ1v) is 7.79. The number of nitrogens with zero attached hydrogens (tertiary/aromatic N) is 2. The van der Waals surface area contributed by atoms with E-state index in [9.17, 15) is 0 Å². The average molecular weight is 389 g/mol. The van der Waals surface area contributed by atoms with Gasteiger partial charge in [-0.05, 0) is 58.0 Å². The molecule has 0 aliphatic rings. The molecule has 5 nitrogen and oxygen atoms in total. The van der Waals surface area contributed by atoms with E-state index in [1.807, 2.05) is 36.4 Å². The molecule has 2 aromatic carbocycles. The molecule has 3 N–H and O–H groups in total. The van der Waals surface area contributed by atoms with Gasteiger partial charge < -0.3 is 10.5 Å². The van der Waals surface area contributed by atoms with Gasteiger partial charge in [0.15, 0.2) is 5.11 Å². The lowest BCUT2D eigenvalue weighted by molar-refractivity contribution is 0.304. The highest BCUT2D eigenvalue weighted by Crippen LogP contribution is 2.26. The number of hydrazone groups is 1. The van der Waals surface area contributed by atoms with Crippen LogP contribution in [0.2, 0.25) is 0 Å². The van der Waals surface area contributed by atoms with Gasteiger partial charge in [-0.1, -0.05) is 18.2 Å². The number of ether oxygens (including phenoxy) is 1. The quantitative estimate of drug-likeness (QED) is 0.467. The van der Waals surface area contributed by atoms with E-state index in [1.165, 1.54) is 0 Å². The lowest BCUT2D eigenvalue weighted by Gasteiger charge is -2.09. The van der Waals surface area contributed by atoms with Gasteiger partial charge in [-0.2, -0.15) is 10.4 Å². The monoisotopic (exact) mass is 388 g/mol. The van der Waals surface area contributed by atoms with Crippen molar-refractivity contribution in [3.05, 3.63) is 63.6 Å². The molecule has 0 saturated heterocycles. The number of rotatable bonds is 5. The third kappa shape index (κ3) is 5.06. The van der Waals surface area contributed by atoms with E-state index >= 15 is 0 Å². The van der Waals surface area contributed by atoms with Crippen LogP contribution >= 0.6 is 28.1 Å². The summed E-state index contributed by atoms with van der Waals surface area (Å²) in [6.45, 7) is 0.318. The van der Waals surface area contributed by atoms with Crippen LogP contribution in [0.1, 0.15) is 16.7 Å². The Hall–Kier alpha value is -2.43. The van der Waals surface area contributed by atoms with Crippen molar-refractivity contribution in [1.29, 1.82) is 5.26 Å². The number of nitrogens with two attached hydrogens (primary N) is 1. The van der Waals surface area contributed by atoms with Gasteiger partial charge in [0.1, 0.15) is 12.4 Å². The second-order valence-electron chi connectivity index (χ2n) is 4.48. The molecule has 0 spiro atoms. The number of benzene rings is 2. The second kappa shape index (κ2) is 8.27. The average Bonchev–Trinajstić information content (AvgIpc) is 2.54. The Morgan fingerprint density at radius 3 is 2.87 bits per heavy atom. The molecular formula is C16H13BrN4OS. The summed E-state index contributed by atoms with van der Waals surface area (Å²) in [4.78, 5) is 0. The number of nitriles is 1. The maximum Gasteiger partial charge on any atom is 0.184 e. The van der Waals surface area contributed by atoms with Gasteiger partial charge >= 0.3 is 0 Å². The fourth-order valence-corrected chi connectivity index (χ4v) is 2.36. The molecule has 0 heterocycles. The highest BCUT2D eigenvalue weighted by atomic mass is 79.9. The molecule has 2 rings (SSSR count). The number of nitrogens with one attached hydrogen (secondary N) is 1. The van der Waals surface area contributed by atoms with Crippen LogP contribution in [0.4, 0.5) is 0 Å². The first-order valence-electron chi connectivity index (χ1n) is 6.59. The van der Waals surface area contributed by atoms with Crippen molar-refractivity contribution in [3.63, 3.8) is 0 Å². The molecule has 0 aliphatic heterocycles. The van der Waals surface area contributed by atoms with Crippen molar-refractivity contribution in [2.45, 2.75) is 6.61 Å². The minimum Gasteiger partial charge on any atom is -0.488 e. The largest absolute Gasteiger partial charge is 0.488 e. The predicted octanol–water partition coefficient (Wildman–Crippen LogP) is 3.07. The molecular weight excluding hydrogens is 376 g/mol. The van der Waals surface area contributed by atoms with Crippen molar-refractivity contribution in [3.8, 4) is 11.8 Å². The Bertz CT molecular complexity index is 786. The zero-order valence-corrected chi connectivity index (χ0v) is 14.4.